The second-order valence-corrected chi connectivity index (χ2v) is 5.35. The van der Waals surface area contributed by atoms with Gasteiger partial charge in [-0.3, -0.25) is 0 Å². The zero-order valence-corrected chi connectivity index (χ0v) is 10.2. The second kappa shape index (κ2) is 4.34. The van der Waals surface area contributed by atoms with E-state index in [0.29, 0.717) is 11.5 Å². The first kappa shape index (κ1) is 11.9. The molecule has 1 saturated carbocycles. The normalized spacial score (nSPS) is 30.4. The van der Waals surface area contributed by atoms with Crippen molar-refractivity contribution in [3.05, 3.63) is 34.6 Å². The Labute approximate surface area is 101 Å². The van der Waals surface area contributed by atoms with E-state index in [1.165, 1.54) is 0 Å². The highest BCUT2D eigenvalue weighted by Gasteiger charge is 2.34. The van der Waals surface area contributed by atoms with Crippen LogP contribution in [0.3, 0.4) is 0 Å². The van der Waals surface area contributed by atoms with Crippen LogP contribution in [0.1, 0.15) is 38.2 Å². The van der Waals surface area contributed by atoms with E-state index in [2.05, 4.69) is 6.92 Å². The fourth-order valence-corrected chi connectivity index (χ4v) is 2.61. The third-order valence-electron chi connectivity index (χ3n) is 3.65. The predicted molar refractivity (Wildman–Crippen MR) is 64.9 cm³/mol. The van der Waals surface area contributed by atoms with Gasteiger partial charge in [-0.05, 0) is 37.7 Å². The smallest absolute Gasteiger partial charge is 0.146 e. The molecule has 1 aromatic rings. The first-order valence-corrected chi connectivity index (χ1v) is 6.14. The lowest BCUT2D eigenvalue weighted by Gasteiger charge is -2.36. The number of benzene rings is 1. The summed E-state index contributed by atoms with van der Waals surface area (Å²) in [4.78, 5) is 0. The minimum atomic E-state index is -0.526. The van der Waals surface area contributed by atoms with Gasteiger partial charge in [0, 0.05) is 11.1 Å². The Morgan fingerprint density at radius 2 is 2.00 bits per heavy atom. The molecule has 0 aromatic heterocycles. The Balaban J connectivity index is 2.32. The summed E-state index contributed by atoms with van der Waals surface area (Å²) in [6.45, 7) is 2.22. The summed E-state index contributed by atoms with van der Waals surface area (Å²) in [6.07, 6.45) is 3.79. The Bertz CT molecular complexity index is 384. The van der Waals surface area contributed by atoms with Gasteiger partial charge in [-0.25, -0.2) is 4.39 Å². The van der Waals surface area contributed by atoms with E-state index in [4.69, 9.17) is 17.3 Å². The van der Waals surface area contributed by atoms with Crippen molar-refractivity contribution < 1.29 is 4.39 Å². The highest BCUT2D eigenvalue weighted by atomic mass is 35.5. The van der Waals surface area contributed by atoms with Crippen molar-refractivity contribution in [2.45, 2.75) is 38.1 Å². The van der Waals surface area contributed by atoms with E-state index in [9.17, 15) is 4.39 Å². The van der Waals surface area contributed by atoms with Gasteiger partial charge in [-0.1, -0.05) is 30.7 Å². The Hall–Kier alpha value is -0.600. The van der Waals surface area contributed by atoms with Crippen LogP contribution in [0, 0.1) is 11.7 Å². The molecule has 0 atom stereocenters. The fraction of sp³-hybridized carbons (Fsp3) is 0.538. The average molecular weight is 242 g/mol. The quantitative estimate of drug-likeness (QED) is 0.794. The molecular formula is C13H17ClFN. The summed E-state index contributed by atoms with van der Waals surface area (Å²) in [6, 6.07) is 5.10. The van der Waals surface area contributed by atoms with Crippen molar-refractivity contribution in [2.24, 2.45) is 11.7 Å². The van der Waals surface area contributed by atoms with Crippen molar-refractivity contribution in [1.82, 2.24) is 0 Å². The van der Waals surface area contributed by atoms with Crippen LogP contribution in [0.4, 0.5) is 4.39 Å². The molecule has 1 nitrogen and oxygen atoms in total. The van der Waals surface area contributed by atoms with Crippen LogP contribution >= 0.6 is 11.6 Å². The maximum absolute atomic E-state index is 13.9. The van der Waals surface area contributed by atoms with Crippen LogP contribution < -0.4 is 5.73 Å². The highest BCUT2D eigenvalue weighted by molar-refractivity contribution is 6.30. The molecule has 2 rings (SSSR count). The van der Waals surface area contributed by atoms with E-state index in [0.717, 1.165) is 25.7 Å². The Morgan fingerprint density at radius 3 is 2.62 bits per heavy atom. The minimum Gasteiger partial charge on any atom is -0.321 e. The lowest BCUT2D eigenvalue weighted by Crippen LogP contribution is -2.40. The molecule has 0 spiro atoms. The van der Waals surface area contributed by atoms with Crippen molar-refractivity contribution in [3.8, 4) is 0 Å². The van der Waals surface area contributed by atoms with E-state index in [1.807, 2.05) is 0 Å². The highest BCUT2D eigenvalue weighted by Crippen LogP contribution is 2.39. The number of halogens is 2. The molecule has 0 radical (unpaired) electrons. The summed E-state index contributed by atoms with van der Waals surface area (Å²) in [5, 5.41) is 0.168. The maximum Gasteiger partial charge on any atom is 0.146 e. The molecule has 1 aromatic carbocycles. The zero-order chi connectivity index (χ0) is 11.8. The van der Waals surface area contributed by atoms with Gasteiger partial charge in [-0.15, -0.1) is 0 Å². The molecule has 16 heavy (non-hydrogen) atoms. The van der Waals surface area contributed by atoms with Gasteiger partial charge in [0.1, 0.15) is 5.82 Å². The molecule has 1 aliphatic rings. The molecular weight excluding hydrogens is 225 g/mol. The monoisotopic (exact) mass is 241 g/mol. The third-order valence-corrected chi connectivity index (χ3v) is 3.95. The van der Waals surface area contributed by atoms with Gasteiger partial charge >= 0.3 is 0 Å². The van der Waals surface area contributed by atoms with E-state index in [-0.39, 0.29) is 10.8 Å². The van der Waals surface area contributed by atoms with Crippen LogP contribution in [-0.2, 0) is 5.54 Å². The Morgan fingerprint density at radius 1 is 1.38 bits per heavy atom. The van der Waals surface area contributed by atoms with Crippen molar-refractivity contribution in [2.75, 3.05) is 0 Å². The van der Waals surface area contributed by atoms with Crippen LogP contribution in [0.5, 0.6) is 0 Å². The second-order valence-electron chi connectivity index (χ2n) is 4.94. The van der Waals surface area contributed by atoms with Gasteiger partial charge in [0.15, 0.2) is 0 Å². The number of hydrogen-bond acceptors (Lipinski definition) is 1. The Kier molecular flexibility index (Phi) is 3.22. The van der Waals surface area contributed by atoms with Gasteiger partial charge in [0.05, 0.1) is 5.02 Å². The SMILES string of the molecule is CC1CCC(N)(c2cccc(Cl)c2F)CC1. The molecule has 1 aliphatic carbocycles. The van der Waals surface area contributed by atoms with Crippen LogP contribution in [0.25, 0.3) is 0 Å². The summed E-state index contributed by atoms with van der Waals surface area (Å²) >= 11 is 5.79. The lowest BCUT2D eigenvalue weighted by molar-refractivity contribution is 0.242. The van der Waals surface area contributed by atoms with Gasteiger partial charge < -0.3 is 5.73 Å². The molecule has 0 bridgehead atoms. The van der Waals surface area contributed by atoms with E-state index < -0.39 is 5.54 Å². The van der Waals surface area contributed by atoms with Crippen LogP contribution in [0.15, 0.2) is 18.2 Å². The molecule has 0 heterocycles. The number of nitrogens with two attached hydrogens (primary N) is 1. The number of hydrogen-bond donors (Lipinski definition) is 1. The molecule has 2 N–H and O–H groups in total. The summed E-state index contributed by atoms with van der Waals surface area (Å²) in [5.74, 6) is 0.347. The first-order chi connectivity index (χ1) is 7.53. The van der Waals surface area contributed by atoms with Crippen LogP contribution in [-0.4, -0.2) is 0 Å². The first-order valence-electron chi connectivity index (χ1n) is 5.76. The van der Waals surface area contributed by atoms with E-state index >= 15 is 0 Å². The number of rotatable bonds is 1. The lowest BCUT2D eigenvalue weighted by atomic mass is 9.74. The van der Waals surface area contributed by atoms with E-state index in [1.54, 1.807) is 18.2 Å². The van der Waals surface area contributed by atoms with Crippen LogP contribution in [0.2, 0.25) is 5.02 Å². The minimum absolute atomic E-state index is 0.168. The average Bonchev–Trinajstić information content (AvgIpc) is 2.27. The predicted octanol–water partition coefficient (Wildman–Crippen LogP) is 3.84. The molecule has 0 amide bonds. The standard InChI is InChI=1S/C13H17ClFN/c1-9-5-7-13(16,8-6-9)10-3-2-4-11(14)12(10)15/h2-4,9H,5-8,16H2,1H3. The van der Waals surface area contributed by atoms with Crippen molar-refractivity contribution >= 4 is 11.6 Å². The summed E-state index contributed by atoms with van der Waals surface area (Å²) in [7, 11) is 0. The largest absolute Gasteiger partial charge is 0.321 e. The van der Waals surface area contributed by atoms with Gasteiger partial charge in [0.25, 0.3) is 0 Å². The molecule has 3 heteroatoms. The summed E-state index contributed by atoms with van der Waals surface area (Å²) in [5.41, 5.74) is 6.36. The summed E-state index contributed by atoms with van der Waals surface area (Å²) < 4.78 is 13.9. The van der Waals surface area contributed by atoms with Crippen molar-refractivity contribution in [1.29, 1.82) is 0 Å². The van der Waals surface area contributed by atoms with Gasteiger partial charge in [-0.2, -0.15) is 0 Å². The molecule has 0 aliphatic heterocycles. The van der Waals surface area contributed by atoms with Gasteiger partial charge in [0.2, 0.25) is 0 Å². The van der Waals surface area contributed by atoms with Crippen molar-refractivity contribution in [3.63, 3.8) is 0 Å². The third kappa shape index (κ3) is 2.09. The molecule has 0 unspecified atom stereocenters. The maximum atomic E-state index is 13.9. The topological polar surface area (TPSA) is 26.0 Å². The molecule has 0 saturated heterocycles. The fourth-order valence-electron chi connectivity index (χ4n) is 2.43. The molecule has 88 valence electrons. The molecule has 1 fully saturated rings. The zero-order valence-electron chi connectivity index (χ0n) is 9.47.